The zero-order valence-electron chi connectivity index (χ0n) is 10.4. The van der Waals surface area contributed by atoms with Crippen LogP contribution in [0, 0.1) is 0 Å². The molecule has 0 heterocycles. The highest BCUT2D eigenvalue weighted by Crippen LogP contribution is 2.37. The second kappa shape index (κ2) is 5.48. The Morgan fingerprint density at radius 3 is 2.14 bits per heavy atom. The van der Waals surface area contributed by atoms with Gasteiger partial charge in [0.15, 0.2) is 5.54 Å². The Morgan fingerprint density at radius 1 is 1.19 bits per heavy atom. The molecule has 0 aliphatic rings. The summed E-state index contributed by atoms with van der Waals surface area (Å²) in [5.41, 5.74) is 0.0656. The number of nitrogens with two attached hydrogens (primary N) is 1. The lowest BCUT2D eigenvalue weighted by Crippen LogP contribution is -2.59. The number of halogens is 7. The first-order valence-electron chi connectivity index (χ1n) is 5.30. The van der Waals surface area contributed by atoms with E-state index < -0.39 is 35.0 Å². The maximum absolute atomic E-state index is 12.6. The van der Waals surface area contributed by atoms with Gasteiger partial charge in [-0.2, -0.15) is 26.3 Å². The second-order valence-corrected chi connectivity index (χ2v) is 5.20. The fraction of sp³-hybridized carbons (Fsp3) is 0.364. The molecule has 118 valence electrons. The van der Waals surface area contributed by atoms with Crippen LogP contribution in [0.5, 0.6) is 0 Å². The molecule has 0 saturated carbocycles. The minimum absolute atomic E-state index is 0.306. The molecule has 21 heavy (non-hydrogen) atoms. The van der Waals surface area contributed by atoms with E-state index in [1.807, 2.05) is 0 Å². The van der Waals surface area contributed by atoms with E-state index in [1.165, 1.54) is 0 Å². The fourth-order valence-electron chi connectivity index (χ4n) is 1.21. The van der Waals surface area contributed by atoms with Gasteiger partial charge in [0.2, 0.25) is 0 Å². The van der Waals surface area contributed by atoms with Crippen LogP contribution < -0.4 is 11.1 Å². The van der Waals surface area contributed by atoms with E-state index in [2.05, 4.69) is 15.9 Å². The quantitative estimate of drug-likeness (QED) is 0.771. The highest BCUT2D eigenvalue weighted by Gasteiger charge is 2.54. The van der Waals surface area contributed by atoms with E-state index in [0.29, 0.717) is 13.0 Å². The van der Waals surface area contributed by atoms with Crippen molar-refractivity contribution < 1.29 is 31.1 Å². The Kier molecular flexibility index (Phi) is 4.64. The number of carbonyl (C=O) groups is 1. The number of hydrogen-bond acceptors (Lipinski definition) is 2. The van der Waals surface area contributed by atoms with Crippen LogP contribution in [-0.4, -0.2) is 17.6 Å². The van der Waals surface area contributed by atoms with Crippen molar-refractivity contribution in [2.75, 3.05) is 5.32 Å². The molecule has 1 aromatic rings. The molecule has 1 amide bonds. The Morgan fingerprint density at radius 2 is 1.71 bits per heavy atom. The molecule has 1 unspecified atom stereocenters. The van der Waals surface area contributed by atoms with Gasteiger partial charge in [-0.05, 0) is 25.1 Å². The van der Waals surface area contributed by atoms with E-state index >= 15 is 0 Å². The normalized spacial score (nSPS) is 15.5. The molecule has 3 N–H and O–H groups in total. The van der Waals surface area contributed by atoms with E-state index in [0.717, 1.165) is 12.1 Å². The van der Waals surface area contributed by atoms with Crippen LogP contribution in [0.15, 0.2) is 22.7 Å². The molecular weight excluding hydrogens is 370 g/mol. The van der Waals surface area contributed by atoms with Crippen LogP contribution in [0.4, 0.5) is 32.0 Å². The summed E-state index contributed by atoms with van der Waals surface area (Å²) in [6, 6.07) is 2.48. The molecule has 0 radical (unpaired) electrons. The predicted molar refractivity (Wildman–Crippen MR) is 66.4 cm³/mol. The van der Waals surface area contributed by atoms with Gasteiger partial charge in [-0.15, -0.1) is 0 Å². The van der Waals surface area contributed by atoms with Gasteiger partial charge in [0, 0.05) is 10.2 Å². The van der Waals surface area contributed by atoms with Gasteiger partial charge in [0.1, 0.15) is 0 Å². The molecule has 0 saturated heterocycles. The third kappa shape index (κ3) is 3.88. The van der Waals surface area contributed by atoms with Crippen molar-refractivity contribution in [3.8, 4) is 0 Å². The van der Waals surface area contributed by atoms with Crippen molar-refractivity contribution in [3.63, 3.8) is 0 Å². The summed E-state index contributed by atoms with van der Waals surface area (Å²) in [6.07, 6.45) is -9.77. The summed E-state index contributed by atoms with van der Waals surface area (Å²) in [7, 11) is 0. The summed E-state index contributed by atoms with van der Waals surface area (Å²) in [5, 5.41) is 1.72. The number of rotatable bonds is 2. The van der Waals surface area contributed by atoms with Crippen LogP contribution >= 0.6 is 15.9 Å². The summed E-state index contributed by atoms with van der Waals surface area (Å²) >= 11 is 2.67. The molecule has 10 heteroatoms. The third-order valence-electron chi connectivity index (χ3n) is 2.59. The lowest BCUT2D eigenvalue weighted by molar-refractivity contribution is -0.184. The number of nitrogens with one attached hydrogen (secondary N) is 1. The van der Waals surface area contributed by atoms with Crippen molar-refractivity contribution in [1.29, 1.82) is 0 Å². The molecule has 0 fully saturated rings. The summed E-state index contributed by atoms with van der Waals surface area (Å²) in [6.45, 7) is 0.422. The lowest BCUT2D eigenvalue weighted by atomic mass is 10.0. The third-order valence-corrected chi connectivity index (χ3v) is 3.28. The van der Waals surface area contributed by atoms with Gasteiger partial charge in [-0.25, -0.2) is 0 Å². The average Bonchev–Trinajstić information content (AvgIpc) is 2.28. The molecule has 3 nitrogen and oxygen atoms in total. The van der Waals surface area contributed by atoms with Crippen molar-refractivity contribution in [2.24, 2.45) is 5.73 Å². The first-order chi connectivity index (χ1) is 9.26. The number of amides is 1. The van der Waals surface area contributed by atoms with Crippen molar-refractivity contribution in [3.05, 3.63) is 28.2 Å². The van der Waals surface area contributed by atoms with Crippen LogP contribution in [0.1, 0.15) is 12.5 Å². The van der Waals surface area contributed by atoms with Crippen LogP contribution in [0.3, 0.4) is 0 Å². The Balaban J connectivity index is 3.08. The van der Waals surface area contributed by atoms with Gasteiger partial charge < -0.3 is 11.1 Å². The van der Waals surface area contributed by atoms with Crippen molar-refractivity contribution in [1.82, 2.24) is 0 Å². The Labute approximate surface area is 123 Å². The fourth-order valence-corrected chi connectivity index (χ4v) is 1.68. The molecule has 0 bridgehead atoms. The molecule has 1 aromatic carbocycles. The van der Waals surface area contributed by atoms with Crippen molar-refractivity contribution >= 4 is 27.5 Å². The molecule has 0 spiro atoms. The molecule has 0 aliphatic heterocycles. The van der Waals surface area contributed by atoms with Crippen molar-refractivity contribution in [2.45, 2.75) is 24.8 Å². The summed E-state index contributed by atoms with van der Waals surface area (Å²) in [4.78, 5) is 11.5. The minimum atomic E-state index is -5.04. The number of benzene rings is 1. The number of hydrogen-bond donors (Lipinski definition) is 2. The second-order valence-electron chi connectivity index (χ2n) is 4.35. The van der Waals surface area contributed by atoms with Gasteiger partial charge in [-0.1, -0.05) is 15.9 Å². The highest BCUT2D eigenvalue weighted by atomic mass is 79.9. The molecule has 1 atom stereocenters. The predicted octanol–water partition coefficient (Wildman–Crippen LogP) is 3.69. The first-order valence-corrected chi connectivity index (χ1v) is 6.10. The Hall–Kier alpha value is -1.29. The standard InChI is InChI=1S/C11H9BrF6N2O/c1-9(19,11(16,17)18)8(21)20-5-2-3-7(12)6(4-5)10(13,14)15/h2-4H,19H2,1H3,(H,20,21). The zero-order valence-corrected chi connectivity index (χ0v) is 11.9. The smallest absolute Gasteiger partial charge is 0.324 e. The number of carbonyl (C=O) groups excluding carboxylic acids is 1. The number of anilines is 1. The summed E-state index contributed by atoms with van der Waals surface area (Å²) in [5.74, 6) is -1.66. The molecular formula is C11H9BrF6N2O. The average molecular weight is 379 g/mol. The maximum atomic E-state index is 12.6. The van der Waals surface area contributed by atoms with Gasteiger partial charge in [0.05, 0.1) is 5.56 Å². The molecule has 0 aliphatic carbocycles. The largest absolute Gasteiger partial charge is 0.417 e. The zero-order chi connectivity index (χ0) is 16.6. The lowest BCUT2D eigenvalue weighted by Gasteiger charge is -2.26. The van der Waals surface area contributed by atoms with E-state index in [9.17, 15) is 31.1 Å². The van der Waals surface area contributed by atoms with Crippen LogP contribution in [0.25, 0.3) is 0 Å². The van der Waals surface area contributed by atoms with E-state index in [4.69, 9.17) is 5.73 Å². The van der Waals surface area contributed by atoms with Gasteiger partial charge in [0.25, 0.3) is 5.91 Å². The van der Waals surface area contributed by atoms with E-state index in [1.54, 1.807) is 5.32 Å². The minimum Gasteiger partial charge on any atom is -0.324 e. The molecule has 1 rings (SSSR count). The SMILES string of the molecule is CC(N)(C(=O)Nc1ccc(Br)c(C(F)(F)F)c1)C(F)(F)F. The monoisotopic (exact) mass is 378 g/mol. The topological polar surface area (TPSA) is 55.1 Å². The van der Waals surface area contributed by atoms with E-state index in [-0.39, 0.29) is 4.47 Å². The first kappa shape index (κ1) is 17.8. The van der Waals surface area contributed by atoms with Crippen LogP contribution in [0.2, 0.25) is 0 Å². The number of alkyl halides is 6. The van der Waals surface area contributed by atoms with Gasteiger partial charge >= 0.3 is 12.4 Å². The molecule has 0 aromatic heterocycles. The maximum Gasteiger partial charge on any atom is 0.417 e. The Bertz CT molecular complexity index is 553. The highest BCUT2D eigenvalue weighted by molar-refractivity contribution is 9.10. The van der Waals surface area contributed by atoms with Crippen LogP contribution in [-0.2, 0) is 11.0 Å². The van der Waals surface area contributed by atoms with Gasteiger partial charge in [-0.3, -0.25) is 4.79 Å². The summed E-state index contributed by atoms with van der Waals surface area (Å²) < 4.78 is 75.3.